The topological polar surface area (TPSA) is 40.5 Å². The summed E-state index contributed by atoms with van der Waals surface area (Å²) in [6.07, 6.45) is 0. The molecule has 0 atom stereocenters. The molecule has 2 nitrogen and oxygen atoms in total. The van der Waals surface area contributed by atoms with E-state index in [9.17, 15) is 4.39 Å². The first kappa shape index (κ1) is 16.1. The maximum absolute atomic E-state index is 13.8. The van der Waals surface area contributed by atoms with E-state index in [0.717, 1.165) is 4.90 Å². The van der Waals surface area contributed by atoms with E-state index in [4.69, 9.17) is 10.0 Å². The van der Waals surface area contributed by atoms with E-state index in [-0.39, 0.29) is 5.46 Å². The molecule has 0 radical (unpaired) electrons. The molecule has 0 amide bonds. The first-order chi connectivity index (χ1) is 9.97. The van der Waals surface area contributed by atoms with Crippen LogP contribution in [0.15, 0.2) is 47.4 Å². The fourth-order valence-electron chi connectivity index (χ4n) is 1.95. The van der Waals surface area contributed by atoms with E-state index in [1.807, 2.05) is 12.1 Å². The van der Waals surface area contributed by atoms with Crippen LogP contribution in [0, 0.1) is 5.82 Å². The molecule has 0 saturated heterocycles. The zero-order chi connectivity index (χ0) is 15.4. The quantitative estimate of drug-likeness (QED) is 0.659. The van der Waals surface area contributed by atoms with Gasteiger partial charge in [0.1, 0.15) is 5.82 Å². The summed E-state index contributed by atoms with van der Waals surface area (Å²) in [6, 6.07) is 12.6. The van der Waals surface area contributed by atoms with Crippen LogP contribution in [0.5, 0.6) is 0 Å². The predicted molar refractivity (Wildman–Crippen MR) is 86.3 cm³/mol. The van der Waals surface area contributed by atoms with Crippen molar-refractivity contribution in [2.45, 2.75) is 30.4 Å². The smallest absolute Gasteiger partial charge is 0.423 e. The fourth-order valence-corrected chi connectivity index (χ4v) is 2.84. The van der Waals surface area contributed by atoms with Gasteiger partial charge in [-0.05, 0) is 40.7 Å². The normalized spacial score (nSPS) is 11.0. The Hall–Kier alpha value is -1.30. The van der Waals surface area contributed by atoms with Crippen molar-refractivity contribution < 1.29 is 14.4 Å². The van der Waals surface area contributed by atoms with Crippen LogP contribution in [0.4, 0.5) is 4.39 Å². The molecule has 21 heavy (non-hydrogen) atoms. The monoisotopic (exact) mass is 304 g/mol. The molecule has 0 aliphatic carbocycles. The summed E-state index contributed by atoms with van der Waals surface area (Å²) in [6.45, 7) is 4.29. The molecule has 0 aliphatic heterocycles. The highest BCUT2D eigenvalue weighted by molar-refractivity contribution is 7.98. The van der Waals surface area contributed by atoms with Crippen molar-refractivity contribution in [3.8, 4) is 0 Å². The van der Waals surface area contributed by atoms with Gasteiger partial charge in [-0.1, -0.05) is 38.1 Å². The molecule has 0 bridgehead atoms. The van der Waals surface area contributed by atoms with Crippen LogP contribution in [-0.2, 0) is 5.75 Å². The van der Waals surface area contributed by atoms with Gasteiger partial charge in [0.15, 0.2) is 0 Å². The maximum Gasteiger partial charge on any atom is 0.488 e. The lowest BCUT2D eigenvalue weighted by Gasteiger charge is -2.08. The van der Waals surface area contributed by atoms with Gasteiger partial charge in [-0.2, -0.15) is 0 Å². The average molecular weight is 304 g/mol. The molecule has 0 unspecified atom stereocenters. The van der Waals surface area contributed by atoms with Crippen LogP contribution in [-0.4, -0.2) is 17.2 Å². The molecule has 0 spiro atoms. The number of thioether (sulfide) groups is 1. The SMILES string of the molecule is CC(C)c1ccc(SCc2ccc(B(O)O)cc2F)cc1. The molecule has 0 fully saturated rings. The van der Waals surface area contributed by atoms with Gasteiger partial charge >= 0.3 is 7.12 Å². The number of halogens is 1. The second kappa shape index (κ2) is 7.12. The molecule has 0 aromatic heterocycles. The largest absolute Gasteiger partial charge is 0.488 e. The lowest BCUT2D eigenvalue weighted by molar-refractivity contribution is 0.425. The van der Waals surface area contributed by atoms with Crippen LogP contribution < -0.4 is 5.46 Å². The summed E-state index contributed by atoms with van der Waals surface area (Å²) in [5.41, 5.74) is 2.01. The molecular formula is C16H18BFO2S. The summed E-state index contributed by atoms with van der Waals surface area (Å²) in [5, 5.41) is 18.0. The Kier molecular flexibility index (Phi) is 5.45. The molecule has 110 valence electrons. The van der Waals surface area contributed by atoms with Gasteiger partial charge in [-0.25, -0.2) is 4.39 Å². The summed E-state index contributed by atoms with van der Waals surface area (Å²) < 4.78 is 13.8. The van der Waals surface area contributed by atoms with Crippen LogP contribution >= 0.6 is 11.8 Å². The number of hydrogen-bond acceptors (Lipinski definition) is 3. The highest BCUT2D eigenvalue weighted by Crippen LogP contribution is 2.25. The van der Waals surface area contributed by atoms with Crippen molar-refractivity contribution in [3.63, 3.8) is 0 Å². The molecule has 0 saturated carbocycles. The van der Waals surface area contributed by atoms with Gasteiger partial charge in [0.25, 0.3) is 0 Å². The van der Waals surface area contributed by atoms with Gasteiger partial charge in [-0.15, -0.1) is 11.8 Å². The Morgan fingerprint density at radius 1 is 1.10 bits per heavy atom. The van der Waals surface area contributed by atoms with E-state index >= 15 is 0 Å². The molecule has 0 aliphatic rings. The van der Waals surface area contributed by atoms with E-state index in [2.05, 4.69) is 26.0 Å². The third-order valence-electron chi connectivity index (χ3n) is 3.32. The lowest BCUT2D eigenvalue weighted by Crippen LogP contribution is -2.30. The number of rotatable bonds is 5. The van der Waals surface area contributed by atoms with Gasteiger partial charge < -0.3 is 10.0 Å². The molecule has 0 heterocycles. The molecule has 2 aromatic carbocycles. The molecule has 2 rings (SSSR count). The van der Waals surface area contributed by atoms with Crippen molar-refractivity contribution in [3.05, 3.63) is 59.4 Å². The second-order valence-electron chi connectivity index (χ2n) is 5.24. The Morgan fingerprint density at radius 3 is 2.29 bits per heavy atom. The highest BCUT2D eigenvalue weighted by atomic mass is 32.2. The average Bonchev–Trinajstić information content (AvgIpc) is 2.46. The van der Waals surface area contributed by atoms with E-state index < -0.39 is 12.9 Å². The van der Waals surface area contributed by atoms with Gasteiger partial charge in [-0.3, -0.25) is 0 Å². The Labute approximate surface area is 129 Å². The van der Waals surface area contributed by atoms with Crippen molar-refractivity contribution in [1.82, 2.24) is 0 Å². The Balaban J connectivity index is 2.02. The summed E-state index contributed by atoms with van der Waals surface area (Å²) >= 11 is 1.56. The first-order valence-electron chi connectivity index (χ1n) is 6.84. The van der Waals surface area contributed by atoms with E-state index in [1.165, 1.54) is 17.7 Å². The second-order valence-corrected chi connectivity index (χ2v) is 6.29. The fraction of sp³-hybridized carbons (Fsp3) is 0.250. The van der Waals surface area contributed by atoms with Crippen LogP contribution in [0.1, 0.15) is 30.9 Å². The van der Waals surface area contributed by atoms with Crippen molar-refractivity contribution in [1.29, 1.82) is 0 Å². The van der Waals surface area contributed by atoms with E-state index in [1.54, 1.807) is 17.8 Å². The number of benzene rings is 2. The standard InChI is InChI=1S/C16H18BFO2S/c1-11(2)12-4-7-15(8-5-12)21-10-13-3-6-14(17(19)20)9-16(13)18/h3-9,11,19-20H,10H2,1-2H3. The molecule has 5 heteroatoms. The minimum absolute atomic E-state index is 0.169. The summed E-state index contributed by atoms with van der Waals surface area (Å²) in [7, 11) is -1.63. The lowest BCUT2D eigenvalue weighted by atomic mass is 9.80. The maximum atomic E-state index is 13.8. The van der Waals surface area contributed by atoms with Crippen LogP contribution in [0.3, 0.4) is 0 Å². The molecule has 2 aromatic rings. The van der Waals surface area contributed by atoms with Crippen LogP contribution in [0.25, 0.3) is 0 Å². The molecule has 2 N–H and O–H groups in total. The van der Waals surface area contributed by atoms with E-state index in [0.29, 0.717) is 17.2 Å². The zero-order valence-corrected chi connectivity index (χ0v) is 12.9. The number of hydrogen-bond donors (Lipinski definition) is 2. The van der Waals surface area contributed by atoms with Gasteiger partial charge in [0.05, 0.1) is 0 Å². The third kappa shape index (κ3) is 4.33. The highest BCUT2D eigenvalue weighted by Gasteiger charge is 2.13. The van der Waals surface area contributed by atoms with Gasteiger partial charge in [0, 0.05) is 10.6 Å². The first-order valence-corrected chi connectivity index (χ1v) is 7.83. The van der Waals surface area contributed by atoms with Crippen molar-refractivity contribution in [2.24, 2.45) is 0 Å². The van der Waals surface area contributed by atoms with Gasteiger partial charge in [0.2, 0.25) is 0 Å². The summed E-state index contributed by atoms with van der Waals surface area (Å²) in [4.78, 5) is 1.09. The minimum atomic E-state index is -1.63. The van der Waals surface area contributed by atoms with Crippen molar-refractivity contribution >= 4 is 24.3 Å². The Morgan fingerprint density at radius 2 is 1.76 bits per heavy atom. The third-order valence-corrected chi connectivity index (χ3v) is 4.38. The van der Waals surface area contributed by atoms with Crippen molar-refractivity contribution in [2.75, 3.05) is 0 Å². The Bertz CT molecular complexity index is 600. The zero-order valence-electron chi connectivity index (χ0n) is 12.1. The summed E-state index contributed by atoms with van der Waals surface area (Å²) in [5.74, 6) is 0.597. The minimum Gasteiger partial charge on any atom is -0.423 e. The molecular weight excluding hydrogens is 286 g/mol. The predicted octanol–water partition coefficient (Wildman–Crippen LogP) is 2.92. The van der Waals surface area contributed by atoms with Crippen LogP contribution in [0.2, 0.25) is 0 Å².